The summed E-state index contributed by atoms with van der Waals surface area (Å²) >= 11 is 0. The van der Waals surface area contributed by atoms with Gasteiger partial charge in [-0.05, 0) is 26.2 Å². The molecule has 0 aromatic heterocycles. The fourth-order valence-corrected chi connectivity index (χ4v) is 2.51. The van der Waals surface area contributed by atoms with Crippen molar-refractivity contribution in [2.75, 3.05) is 7.11 Å². The molecule has 1 fully saturated rings. The quantitative estimate of drug-likeness (QED) is 0.725. The zero-order chi connectivity index (χ0) is 14.3. The van der Waals surface area contributed by atoms with Crippen molar-refractivity contribution in [1.82, 2.24) is 5.32 Å². The second-order valence-corrected chi connectivity index (χ2v) is 5.43. The van der Waals surface area contributed by atoms with E-state index in [4.69, 9.17) is 4.74 Å². The van der Waals surface area contributed by atoms with Crippen LogP contribution in [-0.4, -0.2) is 35.7 Å². The van der Waals surface area contributed by atoms with Crippen LogP contribution < -0.4 is 5.32 Å². The van der Waals surface area contributed by atoms with Crippen LogP contribution in [-0.2, 0) is 14.3 Å². The second kappa shape index (κ2) is 7.48. The van der Waals surface area contributed by atoms with E-state index in [0.717, 1.165) is 25.7 Å². The molecule has 0 aromatic rings. The molecule has 5 heteroatoms. The van der Waals surface area contributed by atoms with Crippen molar-refractivity contribution in [2.24, 2.45) is 0 Å². The highest BCUT2D eigenvalue weighted by Crippen LogP contribution is 2.27. The molecule has 110 valence electrons. The van der Waals surface area contributed by atoms with Gasteiger partial charge in [0.25, 0.3) is 0 Å². The SMILES string of the molecule is COC(C)CCC(=O)NC1(C(=O)O)CCCCCC1. The number of nitrogens with one attached hydrogen (secondary N) is 1. The minimum Gasteiger partial charge on any atom is -0.480 e. The second-order valence-electron chi connectivity index (χ2n) is 5.43. The molecule has 1 amide bonds. The molecule has 0 aliphatic heterocycles. The van der Waals surface area contributed by atoms with Gasteiger partial charge in [0.2, 0.25) is 5.91 Å². The maximum atomic E-state index is 11.9. The van der Waals surface area contributed by atoms with E-state index in [0.29, 0.717) is 25.7 Å². The normalized spacial score (nSPS) is 20.3. The van der Waals surface area contributed by atoms with E-state index in [1.54, 1.807) is 7.11 Å². The van der Waals surface area contributed by atoms with Gasteiger partial charge in [-0.3, -0.25) is 4.79 Å². The van der Waals surface area contributed by atoms with E-state index < -0.39 is 11.5 Å². The van der Waals surface area contributed by atoms with Crippen LogP contribution in [0.4, 0.5) is 0 Å². The predicted octanol–water partition coefficient (Wildman–Crippen LogP) is 2.10. The Kier molecular flexibility index (Phi) is 6.28. The number of hydrogen-bond donors (Lipinski definition) is 2. The molecule has 1 saturated carbocycles. The van der Waals surface area contributed by atoms with Crippen molar-refractivity contribution in [1.29, 1.82) is 0 Å². The Labute approximate surface area is 114 Å². The molecule has 5 nitrogen and oxygen atoms in total. The van der Waals surface area contributed by atoms with Crippen LogP contribution in [0, 0.1) is 0 Å². The molecule has 1 aliphatic carbocycles. The predicted molar refractivity (Wildman–Crippen MR) is 71.9 cm³/mol. The number of aliphatic carboxylic acids is 1. The standard InChI is InChI=1S/C14H25NO4/c1-11(19-2)7-8-12(16)15-14(13(17)18)9-5-3-4-6-10-14/h11H,3-10H2,1-2H3,(H,15,16)(H,17,18). The van der Waals surface area contributed by atoms with Crippen LogP contribution in [0.15, 0.2) is 0 Å². The van der Waals surface area contributed by atoms with Gasteiger partial charge in [-0.1, -0.05) is 25.7 Å². The lowest BCUT2D eigenvalue weighted by Gasteiger charge is -2.29. The summed E-state index contributed by atoms with van der Waals surface area (Å²) < 4.78 is 5.09. The smallest absolute Gasteiger partial charge is 0.329 e. The van der Waals surface area contributed by atoms with Gasteiger partial charge >= 0.3 is 5.97 Å². The summed E-state index contributed by atoms with van der Waals surface area (Å²) in [6.45, 7) is 1.89. The highest BCUT2D eigenvalue weighted by atomic mass is 16.5. The highest BCUT2D eigenvalue weighted by molar-refractivity contribution is 5.87. The maximum absolute atomic E-state index is 11.9. The lowest BCUT2D eigenvalue weighted by molar-refractivity contribution is -0.148. The van der Waals surface area contributed by atoms with Crippen LogP contribution in [0.25, 0.3) is 0 Å². The number of hydrogen-bond acceptors (Lipinski definition) is 3. The Bertz CT molecular complexity index is 309. The first kappa shape index (κ1) is 16.0. The summed E-state index contributed by atoms with van der Waals surface area (Å²) in [6, 6.07) is 0. The first-order chi connectivity index (χ1) is 9.00. The van der Waals surface area contributed by atoms with Crippen molar-refractivity contribution in [3.05, 3.63) is 0 Å². The van der Waals surface area contributed by atoms with Crippen molar-refractivity contribution < 1.29 is 19.4 Å². The molecule has 1 atom stereocenters. The van der Waals surface area contributed by atoms with Crippen LogP contribution in [0.3, 0.4) is 0 Å². The van der Waals surface area contributed by atoms with Gasteiger partial charge in [0.15, 0.2) is 0 Å². The molecular weight excluding hydrogens is 246 g/mol. The molecule has 0 spiro atoms. The Morgan fingerprint density at radius 1 is 1.26 bits per heavy atom. The lowest BCUT2D eigenvalue weighted by atomic mass is 9.90. The minimum atomic E-state index is -1.05. The van der Waals surface area contributed by atoms with Crippen LogP contribution in [0.1, 0.15) is 58.3 Å². The lowest BCUT2D eigenvalue weighted by Crippen LogP contribution is -2.54. The van der Waals surface area contributed by atoms with Crippen LogP contribution in [0.5, 0.6) is 0 Å². The maximum Gasteiger partial charge on any atom is 0.329 e. The number of carboxylic acid groups (broad SMARTS) is 1. The average Bonchev–Trinajstić information content (AvgIpc) is 2.62. The van der Waals surface area contributed by atoms with Crippen molar-refractivity contribution in [3.63, 3.8) is 0 Å². The molecule has 1 unspecified atom stereocenters. The fraction of sp³-hybridized carbons (Fsp3) is 0.857. The third-order valence-corrected chi connectivity index (χ3v) is 3.93. The van der Waals surface area contributed by atoms with Crippen molar-refractivity contribution in [2.45, 2.75) is 69.9 Å². The molecule has 0 radical (unpaired) electrons. The van der Waals surface area contributed by atoms with Gasteiger partial charge in [-0.2, -0.15) is 0 Å². The van der Waals surface area contributed by atoms with E-state index in [1.807, 2.05) is 6.92 Å². The summed E-state index contributed by atoms with van der Waals surface area (Å²) in [5, 5.41) is 12.2. The van der Waals surface area contributed by atoms with Gasteiger partial charge in [-0.25, -0.2) is 4.79 Å². The van der Waals surface area contributed by atoms with E-state index in [1.165, 1.54) is 0 Å². The van der Waals surface area contributed by atoms with Crippen molar-refractivity contribution in [3.8, 4) is 0 Å². The Morgan fingerprint density at radius 2 is 1.84 bits per heavy atom. The van der Waals surface area contributed by atoms with Gasteiger partial charge in [0, 0.05) is 13.5 Å². The van der Waals surface area contributed by atoms with E-state index in [2.05, 4.69) is 5.32 Å². The number of methoxy groups -OCH3 is 1. The minimum absolute atomic E-state index is 0.0145. The van der Waals surface area contributed by atoms with Crippen molar-refractivity contribution >= 4 is 11.9 Å². The van der Waals surface area contributed by atoms with Gasteiger partial charge in [0.1, 0.15) is 5.54 Å². The molecular formula is C14H25NO4. The van der Waals surface area contributed by atoms with E-state index in [-0.39, 0.29) is 12.0 Å². The third-order valence-electron chi connectivity index (χ3n) is 3.93. The fourth-order valence-electron chi connectivity index (χ4n) is 2.51. The summed E-state index contributed by atoms with van der Waals surface area (Å²) in [5.74, 6) is -1.09. The molecule has 0 aromatic carbocycles. The van der Waals surface area contributed by atoms with Gasteiger partial charge in [0.05, 0.1) is 6.10 Å². The number of carboxylic acids is 1. The zero-order valence-corrected chi connectivity index (χ0v) is 11.9. The van der Waals surface area contributed by atoms with Crippen LogP contribution in [0.2, 0.25) is 0 Å². The van der Waals surface area contributed by atoms with Crippen LogP contribution >= 0.6 is 0 Å². The molecule has 1 rings (SSSR count). The first-order valence-electron chi connectivity index (χ1n) is 7.07. The molecule has 19 heavy (non-hydrogen) atoms. The number of rotatable bonds is 6. The zero-order valence-electron chi connectivity index (χ0n) is 11.9. The number of carbonyl (C=O) groups excluding carboxylic acids is 1. The molecule has 1 aliphatic rings. The summed E-state index contributed by atoms with van der Waals surface area (Å²) in [6.07, 6.45) is 5.82. The van der Waals surface area contributed by atoms with E-state index >= 15 is 0 Å². The number of ether oxygens (including phenoxy) is 1. The largest absolute Gasteiger partial charge is 0.480 e. The summed E-state index contributed by atoms with van der Waals surface area (Å²) in [7, 11) is 1.60. The van der Waals surface area contributed by atoms with E-state index in [9.17, 15) is 14.7 Å². The molecule has 0 saturated heterocycles. The first-order valence-corrected chi connectivity index (χ1v) is 7.07. The topological polar surface area (TPSA) is 75.6 Å². The summed E-state index contributed by atoms with van der Waals surface area (Å²) in [5.41, 5.74) is -1.05. The Balaban J connectivity index is 2.57. The Morgan fingerprint density at radius 3 is 2.32 bits per heavy atom. The third kappa shape index (κ3) is 4.82. The monoisotopic (exact) mass is 271 g/mol. The molecule has 0 heterocycles. The molecule has 2 N–H and O–H groups in total. The highest BCUT2D eigenvalue weighted by Gasteiger charge is 2.39. The number of amides is 1. The number of carbonyl (C=O) groups is 2. The Hall–Kier alpha value is -1.10. The van der Waals surface area contributed by atoms with Gasteiger partial charge < -0.3 is 15.2 Å². The average molecular weight is 271 g/mol. The summed E-state index contributed by atoms with van der Waals surface area (Å²) in [4.78, 5) is 23.4. The van der Waals surface area contributed by atoms with Gasteiger partial charge in [-0.15, -0.1) is 0 Å². The molecule has 0 bridgehead atoms.